The lowest BCUT2D eigenvalue weighted by Crippen LogP contribution is -2.07. The molecular weight excluding hydrogens is 270 g/mol. The van der Waals surface area contributed by atoms with E-state index in [1.807, 2.05) is 23.6 Å². The highest BCUT2D eigenvalue weighted by Gasteiger charge is 2.10. The molecule has 0 saturated carbocycles. The van der Waals surface area contributed by atoms with Gasteiger partial charge in [-0.3, -0.25) is 0 Å². The minimum Gasteiger partial charge on any atom is -0.462 e. The van der Waals surface area contributed by atoms with Gasteiger partial charge in [0.15, 0.2) is 0 Å². The van der Waals surface area contributed by atoms with E-state index in [-0.39, 0.29) is 5.57 Å². The van der Waals surface area contributed by atoms with Crippen LogP contribution in [0.2, 0.25) is 0 Å². The molecule has 1 heterocycles. The normalized spacial score (nSPS) is 11.1. The standard InChI is InChI=1S/C16H21NO2S/c1-2-3-4-5-6-7-10-19-16(18)14(13-17)12-15-9-8-11-20-15/h8-9,11-12H,2-7,10H2,1H3/b14-12-. The van der Waals surface area contributed by atoms with Gasteiger partial charge in [0.1, 0.15) is 11.6 Å². The molecule has 0 aliphatic carbocycles. The Hall–Kier alpha value is -1.60. The number of hydrogen-bond donors (Lipinski definition) is 0. The fraction of sp³-hybridized carbons (Fsp3) is 0.500. The second-order valence-corrected chi connectivity index (χ2v) is 5.57. The molecule has 0 aromatic carbocycles. The predicted molar refractivity (Wildman–Crippen MR) is 82.2 cm³/mol. The zero-order valence-electron chi connectivity index (χ0n) is 11.9. The highest BCUT2D eigenvalue weighted by Crippen LogP contribution is 2.14. The van der Waals surface area contributed by atoms with Gasteiger partial charge in [-0.25, -0.2) is 4.79 Å². The molecule has 0 atom stereocenters. The van der Waals surface area contributed by atoms with Crippen LogP contribution in [0, 0.1) is 11.3 Å². The van der Waals surface area contributed by atoms with Crippen LogP contribution in [-0.2, 0) is 9.53 Å². The summed E-state index contributed by atoms with van der Waals surface area (Å²) in [5.41, 5.74) is 0.0680. The smallest absolute Gasteiger partial charge is 0.348 e. The Morgan fingerprint density at radius 3 is 2.75 bits per heavy atom. The molecule has 0 unspecified atom stereocenters. The second kappa shape index (κ2) is 10.2. The second-order valence-electron chi connectivity index (χ2n) is 4.59. The van der Waals surface area contributed by atoms with Gasteiger partial charge in [-0.15, -0.1) is 11.3 Å². The zero-order valence-corrected chi connectivity index (χ0v) is 12.7. The molecule has 0 radical (unpaired) electrons. The average Bonchev–Trinajstić information content (AvgIpc) is 2.96. The van der Waals surface area contributed by atoms with E-state index in [9.17, 15) is 4.79 Å². The van der Waals surface area contributed by atoms with Crippen molar-refractivity contribution in [3.05, 3.63) is 28.0 Å². The topological polar surface area (TPSA) is 50.1 Å². The molecule has 0 spiro atoms. The van der Waals surface area contributed by atoms with Crippen molar-refractivity contribution in [1.29, 1.82) is 5.26 Å². The Bertz CT molecular complexity index is 457. The van der Waals surface area contributed by atoms with Crippen LogP contribution in [-0.4, -0.2) is 12.6 Å². The molecule has 0 aliphatic heterocycles. The van der Waals surface area contributed by atoms with Crippen LogP contribution in [0.15, 0.2) is 23.1 Å². The minimum absolute atomic E-state index is 0.0680. The van der Waals surface area contributed by atoms with Crippen LogP contribution in [0.1, 0.15) is 50.3 Å². The number of ether oxygens (including phenoxy) is 1. The SMILES string of the molecule is CCCCCCCCOC(=O)/C(C#N)=C\c1cccs1. The summed E-state index contributed by atoms with van der Waals surface area (Å²) >= 11 is 1.49. The summed E-state index contributed by atoms with van der Waals surface area (Å²) in [5, 5.41) is 10.9. The number of hydrogen-bond acceptors (Lipinski definition) is 4. The first-order valence-corrected chi connectivity index (χ1v) is 7.98. The lowest BCUT2D eigenvalue weighted by Gasteiger charge is -2.03. The molecular formula is C16H21NO2S. The van der Waals surface area contributed by atoms with Gasteiger partial charge in [-0.2, -0.15) is 5.26 Å². The van der Waals surface area contributed by atoms with E-state index in [2.05, 4.69) is 6.92 Å². The van der Waals surface area contributed by atoms with Gasteiger partial charge in [0.2, 0.25) is 0 Å². The van der Waals surface area contributed by atoms with Crippen molar-refractivity contribution in [3.63, 3.8) is 0 Å². The lowest BCUT2D eigenvalue weighted by molar-refractivity contribution is -0.138. The van der Waals surface area contributed by atoms with Gasteiger partial charge in [0, 0.05) is 4.88 Å². The zero-order chi connectivity index (χ0) is 14.6. The Morgan fingerprint density at radius 2 is 2.10 bits per heavy atom. The number of unbranched alkanes of at least 4 members (excludes halogenated alkanes) is 5. The first-order valence-electron chi connectivity index (χ1n) is 7.10. The van der Waals surface area contributed by atoms with Crippen LogP contribution >= 0.6 is 11.3 Å². The number of rotatable bonds is 9. The molecule has 1 aromatic heterocycles. The van der Waals surface area contributed by atoms with E-state index < -0.39 is 5.97 Å². The van der Waals surface area contributed by atoms with E-state index in [1.165, 1.54) is 37.0 Å². The lowest BCUT2D eigenvalue weighted by atomic mass is 10.1. The van der Waals surface area contributed by atoms with Gasteiger partial charge >= 0.3 is 5.97 Å². The summed E-state index contributed by atoms with van der Waals surface area (Å²) in [5.74, 6) is -0.519. The first-order chi connectivity index (χ1) is 9.77. The van der Waals surface area contributed by atoms with E-state index in [0.717, 1.165) is 17.7 Å². The third-order valence-corrected chi connectivity index (χ3v) is 3.72. The maximum absolute atomic E-state index is 11.7. The number of carbonyl (C=O) groups excluding carboxylic acids is 1. The van der Waals surface area contributed by atoms with Crippen LogP contribution in [0.3, 0.4) is 0 Å². The number of nitrogens with zero attached hydrogens (tertiary/aromatic N) is 1. The molecule has 0 fully saturated rings. The Balaban J connectivity index is 2.26. The van der Waals surface area contributed by atoms with Crippen LogP contribution < -0.4 is 0 Å². The summed E-state index contributed by atoms with van der Waals surface area (Å²) < 4.78 is 5.13. The molecule has 20 heavy (non-hydrogen) atoms. The van der Waals surface area contributed by atoms with E-state index >= 15 is 0 Å². The van der Waals surface area contributed by atoms with E-state index in [0.29, 0.717) is 6.61 Å². The van der Waals surface area contributed by atoms with Gasteiger partial charge in [-0.05, 0) is 23.9 Å². The summed E-state index contributed by atoms with van der Waals surface area (Å²) in [6.45, 7) is 2.58. The van der Waals surface area contributed by atoms with Crippen LogP contribution in [0.25, 0.3) is 6.08 Å². The fourth-order valence-electron chi connectivity index (χ4n) is 1.78. The molecule has 0 saturated heterocycles. The molecule has 0 bridgehead atoms. The highest BCUT2D eigenvalue weighted by molar-refractivity contribution is 7.10. The van der Waals surface area contributed by atoms with Crippen molar-refractivity contribution in [2.24, 2.45) is 0 Å². The van der Waals surface area contributed by atoms with Gasteiger partial charge in [0.25, 0.3) is 0 Å². The molecule has 1 rings (SSSR count). The monoisotopic (exact) mass is 291 g/mol. The molecule has 108 valence electrons. The fourth-order valence-corrected chi connectivity index (χ4v) is 2.43. The minimum atomic E-state index is -0.519. The van der Waals surface area contributed by atoms with Crippen LogP contribution in [0.5, 0.6) is 0 Å². The molecule has 1 aromatic rings. The number of thiophene rings is 1. The maximum Gasteiger partial charge on any atom is 0.348 e. The largest absolute Gasteiger partial charge is 0.462 e. The van der Waals surface area contributed by atoms with Crippen molar-refractivity contribution in [2.45, 2.75) is 45.4 Å². The first kappa shape index (κ1) is 16.5. The summed E-state index contributed by atoms with van der Waals surface area (Å²) in [7, 11) is 0. The van der Waals surface area contributed by atoms with E-state index in [1.54, 1.807) is 6.08 Å². The van der Waals surface area contributed by atoms with Crippen molar-refractivity contribution in [3.8, 4) is 6.07 Å². The van der Waals surface area contributed by atoms with E-state index in [4.69, 9.17) is 10.00 Å². The number of esters is 1. The molecule has 0 aliphatic rings. The quantitative estimate of drug-likeness (QED) is 0.290. The van der Waals surface area contributed by atoms with Crippen molar-refractivity contribution in [1.82, 2.24) is 0 Å². The van der Waals surface area contributed by atoms with Gasteiger partial charge < -0.3 is 4.74 Å². The molecule has 3 nitrogen and oxygen atoms in total. The Labute approximate surface area is 124 Å². The van der Waals surface area contributed by atoms with Crippen LogP contribution in [0.4, 0.5) is 0 Å². The Morgan fingerprint density at radius 1 is 1.35 bits per heavy atom. The number of nitriles is 1. The van der Waals surface area contributed by atoms with Gasteiger partial charge in [-0.1, -0.05) is 45.1 Å². The predicted octanol–water partition coefficient (Wildman–Crippen LogP) is 4.56. The molecule has 0 N–H and O–H groups in total. The highest BCUT2D eigenvalue weighted by atomic mass is 32.1. The summed E-state index contributed by atoms with van der Waals surface area (Å²) in [4.78, 5) is 12.6. The Kier molecular flexibility index (Phi) is 8.41. The van der Waals surface area contributed by atoms with Crippen molar-refractivity contribution < 1.29 is 9.53 Å². The molecule has 0 amide bonds. The average molecular weight is 291 g/mol. The summed E-state index contributed by atoms with van der Waals surface area (Å²) in [6.07, 6.45) is 8.44. The molecule has 4 heteroatoms. The maximum atomic E-state index is 11.7. The summed E-state index contributed by atoms with van der Waals surface area (Å²) in [6, 6.07) is 5.65. The van der Waals surface area contributed by atoms with Crippen molar-refractivity contribution in [2.75, 3.05) is 6.61 Å². The third-order valence-electron chi connectivity index (χ3n) is 2.90. The number of carbonyl (C=O) groups is 1. The third kappa shape index (κ3) is 6.53. The van der Waals surface area contributed by atoms with Gasteiger partial charge in [0.05, 0.1) is 6.61 Å². The van der Waals surface area contributed by atoms with Crippen molar-refractivity contribution >= 4 is 23.4 Å².